The zero-order valence-electron chi connectivity index (χ0n) is 13.2. The first kappa shape index (κ1) is 15.2. The van der Waals surface area contributed by atoms with E-state index >= 15 is 0 Å². The van der Waals surface area contributed by atoms with Crippen LogP contribution in [0, 0.1) is 0 Å². The summed E-state index contributed by atoms with van der Waals surface area (Å²) >= 11 is 0. The Morgan fingerprint density at radius 3 is 2.56 bits per heavy atom. The van der Waals surface area contributed by atoms with E-state index in [0.29, 0.717) is 35.1 Å². The van der Waals surface area contributed by atoms with E-state index in [1.54, 1.807) is 30.3 Å². The van der Waals surface area contributed by atoms with Gasteiger partial charge in [0.25, 0.3) is 0 Å². The van der Waals surface area contributed by atoms with Gasteiger partial charge in [-0.15, -0.1) is 0 Å². The average molecular weight is 334 g/mol. The van der Waals surface area contributed by atoms with Crippen LogP contribution in [-0.4, -0.2) is 16.2 Å². The van der Waals surface area contributed by atoms with Gasteiger partial charge >= 0.3 is 5.97 Å². The van der Waals surface area contributed by atoms with E-state index in [1.165, 1.54) is 12.1 Å². The molecule has 0 saturated carbocycles. The Morgan fingerprint density at radius 2 is 1.84 bits per heavy atom. The molecule has 0 atom stereocenters. The number of phenolic OH excluding ortho intramolecular Hbond substituents is 1. The lowest BCUT2D eigenvalue weighted by atomic mass is 10.1. The number of aromatic carboxylic acids is 1. The van der Waals surface area contributed by atoms with Gasteiger partial charge < -0.3 is 14.6 Å². The minimum atomic E-state index is -0.967. The molecular weight excluding hydrogens is 320 g/mol. The maximum atomic E-state index is 12.6. The lowest BCUT2D eigenvalue weighted by molar-refractivity contribution is 0.0697. The lowest BCUT2D eigenvalue weighted by Gasteiger charge is -2.04. The number of aromatic hydroxyl groups is 1. The van der Waals surface area contributed by atoms with Crippen LogP contribution in [0.1, 0.15) is 33.7 Å². The van der Waals surface area contributed by atoms with Gasteiger partial charge in [0.2, 0.25) is 0 Å². The molecule has 124 valence electrons. The van der Waals surface area contributed by atoms with Crippen LogP contribution in [0.25, 0.3) is 22.6 Å². The van der Waals surface area contributed by atoms with E-state index in [4.69, 9.17) is 9.52 Å². The van der Waals surface area contributed by atoms with E-state index in [1.807, 2.05) is 6.08 Å². The normalized spacial score (nSPS) is 14.8. The average Bonchev–Trinajstić information content (AvgIpc) is 2.99. The summed E-state index contributed by atoms with van der Waals surface area (Å²) in [7, 11) is 0. The molecule has 0 radical (unpaired) electrons. The van der Waals surface area contributed by atoms with E-state index in [9.17, 15) is 14.7 Å². The van der Waals surface area contributed by atoms with Crippen LogP contribution >= 0.6 is 0 Å². The third kappa shape index (κ3) is 2.59. The van der Waals surface area contributed by atoms with Crippen LogP contribution in [0.3, 0.4) is 0 Å². The Bertz CT molecular complexity index is 1090. The van der Waals surface area contributed by atoms with Gasteiger partial charge in [0.1, 0.15) is 17.1 Å². The predicted octanol–water partition coefficient (Wildman–Crippen LogP) is 3.68. The maximum absolute atomic E-state index is 12.6. The van der Waals surface area contributed by atoms with Crippen LogP contribution in [0.5, 0.6) is 5.75 Å². The van der Waals surface area contributed by atoms with Crippen molar-refractivity contribution in [2.24, 2.45) is 0 Å². The molecule has 3 aromatic rings. The summed E-state index contributed by atoms with van der Waals surface area (Å²) in [4.78, 5) is 23.5. The second-order valence-corrected chi connectivity index (χ2v) is 6.02. The van der Waals surface area contributed by atoms with Gasteiger partial charge in [-0.2, -0.15) is 0 Å². The fourth-order valence-electron chi connectivity index (χ4n) is 3.14. The summed E-state index contributed by atoms with van der Waals surface area (Å²) in [6.07, 6.45) is 3.17. The monoisotopic (exact) mass is 334 g/mol. The second kappa shape index (κ2) is 5.63. The standard InChI is InChI=1S/C20H14O5/c21-14-6-8-17-16(10-14)18(22)15-7-5-13(19(15)25-17)9-11-1-3-12(4-2-11)20(23)24/h1-4,6,8-10,21H,5,7H2,(H,23,24). The Hall–Kier alpha value is -3.34. The molecule has 0 spiro atoms. The third-order valence-electron chi connectivity index (χ3n) is 4.40. The molecular formula is C20H14O5. The van der Waals surface area contributed by atoms with E-state index in [0.717, 1.165) is 11.1 Å². The molecule has 1 aromatic heterocycles. The molecule has 25 heavy (non-hydrogen) atoms. The second-order valence-electron chi connectivity index (χ2n) is 6.02. The van der Waals surface area contributed by atoms with Crippen molar-refractivity contribution in [1.29, 1.82) is 0 Å². The van der Waals surface area contributed by atoms with Gasteiger partial charge in [-0.3, -0.25) is 4.79 Å². The van der Waals surface area contributed by atoms with Gasteiger partial charge in [-0.05, 0) is 60.4 Å². The van der Waals surface area contributed by atoms with E-state index < -0.39 is 5.97 Å². The molecule has 2 aromatic carbocycles. The Balaban J connectivity index is 1.81. The van der Waals surface area contributed by atoms with Gasteiger partial charge in [-0.1, -0.05) is 12.1 Å². The minimum absolute atomic E-state index is 0.0343. The molecule has 0 aliphatic heterocycles. The van der Waals surface area contributed by atoms with Gasteiger partial charge in [0.15, 0.2) is 5.43 Å². The summed E-state index contributed by atoms with van der Waals surface area (Å²) in [5.74, 6) is -0.358. The zero-order valence-corrected chi connectivity index (χ0v) is 13.2. The molecule has 4 rings (SSSR count). The van der Waals surface area contributed by atoms with E-state index in [2.05, 4.69) is 0 Å². The lowest BCUT2D eigenvalue weighted by Crippen LogP contribution is -2.08. The fourth-order valence-corrected chi connectivity index (χ4v) is 3.14. The van der Waals surface area contributed by atoms with Crippen molar-refractivity contribution in [3.8, 4) is 5.75 Å². The Morgan fingerprint density at radius 1 is 1.08 bits per heavy atom. The van der Waals surface area contributed by atoms with Crippen molar-refractivity contribution in [2.75, 3.05) is 0 Å². The maximum Gasteiger partial charge on any atom is 0.335 e. The summed E-state index contributed by atoms with van der Waals surface area (Å²) in [6, 6.07) is 11.0. The molecule has 5 heteroatoms. The summed E-state index contributed by atoms with van der Waals surface area (Å²) < 4.78 is 5.91. The van der Waals surface area contributed by atoms with Gasteiger partial charge in [0.05, 0.1) is 10.9 Å². The van der Waals surface area contributed by atoms with Crippen LogP contribution in [0.4, 0.5) is 0 Å². The zero-order chi connectivity index (χ0) is 17.6. The molecule has 1 aliphatic carbocycles. The number of hydrogen-bond acceptors (Lipinski definition) is 4. The largest absolute Gasteiger partial charge is 0.508 e. The van der Waals surface area contributed by atoms with Crippen molar-refractivity contribution in [1.82, 2.24) is 0 Å². The number of allylic oxidation sites excluding steroid dienone is 1. The summed E-state index contributed by atoms with van der Waals surface area (Å²) in [5.41, 5.74) is 2.93. The number of rotatable bonds is 2. The van der Waals surface area contributed by atoms with Crippen molar-refractivity contribution >= 4 is 28.6 Å². The summed E-state index contributed by atoms with van der Waals surface area (Å²) in [6.45, 7) is 0. The van der Waals surface area contributed by atoms with Crippen molar-refractivity contribution in [3.05, 3.63) is 75.1 Å². The third-order valence-corrected chi connectivity index (χ3v) is 4.40. The van der Waals surface area contributed by atoms with Gasteiger partial charge in [-0.25, -0.2) is 4.79 Å². The van der Waals surface area contributed by atoms with Gasteiger partial charge in [0, 0.05) is 5.56 Å². The Labute approximate surface area is 142 Å². The highest BCUT2D eigenvalue weighted by Crippen LogP contribution is 2.34. The number of carbonyl (C=O) groups is 1. The number of hydrogen-bond donors (Lipinski definition) is 2. The number of benzene rings is 2. The van der Waals surface area contributed by atoms with Crippen LogP contribution in [0.2, 0.25) is 0 Å². The van der Waals surface area contributed by atoms with Crippen molar-refractivity contribution < 1.29 is 19.4 Å². The van der Waals surface area contributed by atoms with E-state index in [-0.39, 0.29) is 16.7 Å². The highest BCUT2D eigenvalue weighted by atomic mass is 16.4. The summed E-state index contributed by atoms with van der Waals surface area (Å²) in [5, 5.41) is 18.9. The predicted molar refractivity (Wildman–Crippen MR) is 93.7 cm³/mol. The first-order valence-electron chi connectivity index (χ1n) is 7.86. The molecule has 1 aliphatic rings. The van der Waals surface area contributed by atoms with Crippen molar-refractivity contribution in [2.45, 2.75) is 12.8 Å². The van der Waals surface area contributed by atoms with Crippen molar-refractivity contribution in [3.63, 3.8) is 0 Å². The molecule has 0 saturated heterocycles. The molecule has 5 nitrogen and oxygen atoms in total. The first-order valence-corrected chi connectivity index (χ1v) is 7.86. The SMILES string of the molecule is O=C(O)c1ccc(C=C2CCc3c2oc2ccc(O)cc2c3=O)cc1. The van der Waals surface area contributed by atoms with Crippen LogP contribution < -0.4 is 5.43 Å². The highest BCUT2D eigenvalue weighted by Gasteiger charge is 2.24. The topological polar surface area (TPSA) is 87.7 Å². The molecule has 1 heterocycles. The number of fused-ring (bicyclic) bond motifs is 2. The molecule has 0 fully saturated rings. The number of carboxylic acid groups (broad SMARTS) is 1. The smallest absolute Gasteiger partial charge is 0.335 e. The first-order chi connectivity index (χ1) is 12.0. The Kier molecular flexibility index (Phi) is 3.42. The molecule has 0 amide bonds. The fraction of sp³-hybridized carbons (Fsp3) is 0.100. The molecule has 0 unspecified atom stereocenters. The number of carboxylic acids is 1. The molecule has 0 bridgehead atoms. The number of phenols is 1. The van der Waals surface area contributed by atoms with Crippen LogP contribution in [0.15, 0.2) is 51.7 Å². The minimum Gasteiger partial charge on any atom is -0.508 e. The molecule has 2 N–H and O–H groups in total. The van der Waals surface area contributed by atoms with Crippen LogP contribution in [-0.2, 0) is 6.42 Å². The quantitative estimate of drug-likeness (QED) is 0.746. The highest BCUT2D eigenvalue weighted by molar-refractivity contribution is 5.89.